The summed E-state index contributed by atoms with van der Waals surface area (Å²) in [5.41, 5.74) is 1.64. The zero-order valence-corrected chi connectivity index (χ0v) is 19.1. The van der Waals surface area contributed by atoms with Gasteiger partial charge in [0.2, 0.25) is 5.91 Å². The molecular weight excluding hydrogens is 426 g/mol. The summed E-state index contributed by atoms with van der Waals surface area (Å²) in [7, 11) is 1.68. The van der Waals surface area contributed by atoms with Gasteiger partial charge in [-0.1, -0.05) is 30.3 Å². The van der Waals surface area contributed by atoms with Crippen LogP contribution in [-0.4, -0.2) is 36.5 Å². The van der Waals surface area contributed by atoms with Crippen molar-refractivity contribution < 1.29 is 4.79 Å². The lowest BCUT2D eigenvalue weighted by Crippen LogP contribution is -2.44. The van der Waals surface area contributed by atoms with E-state index in [4.69, 9.17) is 0 Å². The summed E-state index contributed by atoms with van der Waals surface area (Å²) in [5, 5.41) is 1.98. The molecule has 0 unspecified atom stereocenters. The molecular formula is C23H25N5O3S. The number of carbonyl (C=O) groups excluding carboxylic acids is 1. The van der Waals surface area contributed by atoms with Crippen molar-refractivity contribution in [3.63, 3.8) is 0 Å². The SMILES string of the molecule is CCn1cnc2c1c(=O)n(CC(=O)N(C)Cc1sccc1C)c(=O)n2Cc1ccccc1. The zero-order chi connectivity index (χ0) is 22.8. The van der Waals surface area contributed by atoms with Gasteiger partial charge in [0, 0.05) is 18.5 Å². The van der Waals surface area contributed by atoms with Gasteiger partial charge in [-0.15, -0.1) is 11.3 Å². The monoisotopic (exact) mass is 451 g/mol. The molecule has 166 valence electrons. The Morgan fingerprint density at radius 2 is 1.88 bits per heavy atom. The largest absolute Gasteiger partial charge is 0.339 e. The van der Waals surface area contributed by atoms with E-state index < -0.39 is 11.2 Å². The number of nitrogens with zero attached hydrogens (tertiary/aromatic N) is 5. The fraction of sp³-hybridized carbons (Fsp3) is 0.304. The van der Waals surface area contributed by atoms with Crippen LogP contribution in [0, 0.1) is 6.92 Å². The quantitative estimate of drug-likeness (QED) is 0.432. The number of rotatable bonds is 7. The fourth-order valence-corrected chi connectivity index (χ4v) is 4.61. The fourth-order valence-electron chi connectivity index (χ4n) is 3.65. The predicted molar refractivity (Wildman–Crippen MR) is 125 cm³/mol. The summed E-state index contributed by atoms with van der Waals surface area (Å²) in [6.07, 6.45) is 1.56. The molecule has 1 aromatic carbocycles. The van der Waals surface area contributed by atoms with Crippen molar-refractivity contribution in [1.29, 1.82) is 0 Å². The molecule has 8 nitrogen and oxygen atoms in total. The van der Waals surface area contributed by atoms with E-state index in [9.17, 15) is 14.4 Å². The topological polar surface area (TPSA) is 82.1 Å². The van der Waals surface area contributed by atoms with Crippen LogP contribution in [0.1, 0.15) is 22.9 Å². The number of aryl methyl sites for hydroxylation is 2. The summed E-state index contributed by atoms with van der Waals surface area (Å²) in [4.78, 5) is 46.5. The number of hydrogen-bond donors (Lipinski definition) is 0. The third kappa shape index (κ3) is 4.03. The van der Waals surface area contributed by atoms with Gasteiger partial charge in [-0.2, -0.15) is 0 Å². The summed E-state index contributed by atoms with van der Waals surface area (Å²) in [6.45, 7) is 4.80. The van der Waals surface area contributed by atoms with E-state index in [0.29, 0.717) is 24.3 Å². The van der Waals surface area contributed by atoms with Crippen LogP contribution in [0.25, 0.3) is 11.2 Å². The Labute approximate surface area is 189 Å². The van der Waals surface area contributed by atoms with E-state index >= 15 is 0 Å². The standard InChI is InChI=1S/C23H25N5O3S/c1-4-26-15-24-21-20(26)22(30)28(23(31)27(21)12-17-8-6-5-7-9-17)14-19(29)25(3)13-18-16(2)10-11-32-18/h5-11,15H,4,12-14H2,1-3H3. The Morgan fingerprint density at radius 1 is 1.12 bits per heavy atom. The molecule has 4 rings (SSSR count). The zero-order valence-electron chi connectivity index (χ0n) is 18.3. The molecule has 0 radical (unpaired) electrons. The van der Waals surface area contributed by atoms with Gasteiger partial charge >= 0.3 is 5.69 Å². The second-order valence-electron chi connectivity index (χ2n) is 7.73. The average molecular weight is 452 g/mol. The molecule has 4 aromatic rings. The van der Waals surface area contributed by atoms with Crippen LogP contribution in [0.4, 0.5) is 0 Å². The molecule has 0 aliphatic carbocycles. The number of fused-ring (bicyclic) bond motifs is 1. The first-order valence-electron chi connectivity index (χ1n) is 10.4. The molecule has 0 atom stereocenters. The Balaban J connectivity index is 1.75. The predicted octanol–water partition coefficient (Wildman–Crippen LogP) is 2.46. The van der Waals surface area contributed by atoms with E-state index in [-0.39, 0.29) is 19.0 Å². The van der Waals surface area contributed by atoms with Gasteiger partial charge < -0.3 is 9.47 Å². The summed E-state index contributed by atoms with van der Waals surface area (Å²) < 4.78 is 4.20. The average Bonchev–Trinajstić information content (AvgIpc) is 3.40. The van der Waals surface area contributed by atoms with Gasteiger partial charge in [0.05, 0.1) is 19.4 Å². The first-order valence-corrected chi connectivity index (χ1v) is 11.3. The van der Waals surface area contributed by atoms with Crippen LogP contribution in [0.5, 0.6) is 0 Å². The third-order valence-corrected chi connectivity index (χ3v) is 6.58. The molecule has 32 heavy (non-hydrogen) atoms. The lowest BCUT2D eigenvalue weighted by atomic mass is 10.2. The number of hydrogen-bond acceptors (Lipinski definition) is 5. The smallest absolute Gasteiger partial charge is 0.333 e. The summed E-state index contributed by atoms with van der Waals surface area (Å²) in [6, 6.07) is 11.5. The minimum absolute atomic E-state index is 0.260. The van der Waals surface area contributed by atoms with E-state index in [2.05, 4.69) is 4.98 Å². The third-order valence-electron chi connectivity index (χ3n) is 5.58. The maximum absolute atomic E-state index is 13.3. The van der Waals surface area contributed by atoms with Gasteiger partial charge in [0.15, 0.2) is 11.2 Å². The van der Waals surface area contributed by atoms with Crippen molar-refractivity contribution in [3.8, 4) is 0 Å². The van der Waals surface area contributed by atoms with Crippen LogP contribution in [0.15, 0.2) is 57.7 Å². The number of thiophene rings is 1. The molecule has 0 aliphatic rings. The second-order valence-corrected chi connectivity index (χ2v) is 8.73. The van der Waals surface area contributed by atoms with Crippen LogP contribution >= 0.6 is 11.3 Å². The Bertz CT molecular complexity index is 1380. The first-order chi connectivity index (χ1) is 15.4. The molecule has 0 spiro atoms. The van der Waals surface area contributed by atoms with Gasteiger partial charge in [-0.05, 0) is 36.4 Å². The van der Waals surface area contributed by atoms with Crippen molar-refractivity contribution in [1.82, 2.24) is 23.6 Å². The number of amides is 1. The van der Waals surface area contributed by atoms with E-state index in [1.807, 2.05) is 55.6 Å². The highest BCUT2D eigenvalue weighted by molar-refractivity contribution is 7.10. The van der Waals surface area contributed by atoms with Gasteiger partial charge in [-0.25, -0.2) is 14.3 Å². The number of benzene rings is 1. The Hall–Kier alpha value is -3.46. The highest BCUT2D eigenvalue weighted by Crippen LogP contribution is 2.17. The maximum Gasteiger partial charge on any atom is 0.333 e. The first kappa shape index (κ1) is 21.8. The normalized spacial score (nSPS) is 11.2. The molecule has 3 aromatic heterocycles. The van der Waals surface area contributed by atoms with E-state index in [1.165, 1.54) is 4.57 Å². The number of carbonyl (C=O) groups is 1. The summed E-state index contributed by atoms with van der Waals surface area (Å²) >= 11 is 1.58. The lowest BCUT2D eigenvalue weighted by Gasteiger charge is -2.18. The highest BCUT2D eigenvalue weighted by Gasteiger charge is 2.21. The van der Waals surface area contributed by atoms with Crippen LogP contribution in [0.2, 0.25) is 0 Å². The molecule has 0 saturated carbocycles. The molecule has 3 heterocycles. The Kier molecular flexibility index (Phi) is 6.09. The van der Waals surface area contributed by atoms with Crippen LogP contribution in [-0.2, 0) is 31.0 Å². The van der Waals surface area contributed by atoms with Gasteiger partial charge in [-0.3, -0.25) is 14.2 Å². The molecule has 1 amide bonds. The van der Waals surface area contributed by atoms with Crippen molar-refractivity contribution in [3.05, 3.63) is 84.9 Å². The molecule has 0 fully saturated rings. The van der Waals surface area contributed by atoms with Crippen LogP contribution in [0.3, 0.4) is 0 Å². The van der Waals surface area contributed by atoms with Crippen molar-refractivity contribution in [2.45, 2.75) is 40.0 Å². The van der Waals surface area contributed by atoms with Crippen molar-refractivity contribution >= 4 is 28.4 Å². The molecule has 0 bridgehead atoms. The lowest BCUT2D eigenvalue weighted by molar-refractivity contribution is -0.131. The molecule has 0 N–H and O–H groups in total. The van der Waals surface area contributed by atoms with E-state index in [1.54, 1.807) is 34.2 Å². The Morgan fingerprint density at radius 3 is 2.53 bits per heavy atom. The number of likely N-dealkylation sites (N-methyl/N-ethyl adjacent to an activating group) is 1. The number of aromatic nitrogens is 4. The molecule has 0 saturated heterocycles. The van der Waals surface area contributed by atoms with Gasteiger partial charge in [0.1, 0.15) is 6.54 Å². The van der Waals surface area contributed by atoms with Crippen molar-refractivity contribution in [2.24, 2.45) is 0 Å². The van der Waals surface area contributed by atoms with Gasteiger partial charge in [0.25, 0.3) is 5.56 Å². The maximum atomic E-state index is 13.3. The number of imidazole rings is 1. The summed E-state index contributed by atoms with van der Waals surface area (Å²) in [5.74, 6) is -0.301. The minimum atomic E-state index is -0.540. The molecule has 0 aliphatic heterocycles. The van der Waals surface area contributed by atoms with Crippen molar-refractivity contribution in [2.75, 3.05) is 7.05 Å². The van der Waals surface area contributed by atoms with E-state index in [0.717, 1.165) is 20.6 Å². The minimum Gasteiger partial charge on any atom is -0.339 e. The highest BCUT2D eigenvalue weighted by atomic mass is 32.1. The van der Waals surface area contributed by atoms with Crippen LogP contribution < -0.4 is 11.2 Å². The molecule has 9 heteroatoms. The second kappa shape index (κ2) is 8.96.